The van der Waals surface area contributed by atoms with Crippen LogP contribution in [0.25, 0.3) is 0 Å². The first-order valence-corrected chi connectivity index (χ1v) is 4.48. The Morgan fingerprint density at radius 1 is 1.14 bits per heavy atom. The Hall–Kier alpha value is -1.58. The summed E-state index contributed by atoms with van der Waals surface area (Å²) in [6, 6.07) is 0. The quantitative estimate of drug-likeness (QED) is 0.516. The van der Waals surface area contributed by atoms with Crippen molar-refractivity contribution in [3.05, 3.63) is 24.3 Å². The molecule has 0 saturated carbocycles. The predicted molar refractivity (Wildman–Crippen MR) is 53.6 cm³/mol. The van der Waals surface area contributed by atoms with E-state index in [2.05, 4.69) is 17.9 Å². The van der Waals surface area contributed by atoms with Crippen molar-refractivity contribution in [3.8, 4) is 0 Å². The molecule has 0 aromatic heterocycles. The molecule has 78 valence electrons. The second-order valence-corrected chi connectivity index (χ2v) is 2.83. The zero-order valence-corrected chi connectivity index (χ0v) is 7.98. The fourth-order valence-corrected chi connectivity index (χ4v) is 0.914. The van der Waals surface area contributed by atoms with Crippen molar-refractivity contribution < 1.29 is 14.7 Å². The third-order valence-electron chi connectivity index (χ3n) is 1.55. The number of allylic oxidation sites excluding steroid dienone is 2. The standard InChI is InChI=1S/C6H10.C4H5NO3/c1-2-4-6-5-3-1;5-3(6)1-2-4(7)8/h1-2H,3-6H2;1-2H,(H2,5,6)(H,7,8)/b;2-1-. The number of carbonyl (C=O) groups is 2. The average Bonchev–Trinajstić information content (AvgIpc) is 2.18. The lowest BCUT2D eigenvalue weighted by atomic mass is 10.1. The predicted octanol–water partition coefficient (Wildman–Crippen LogP) is 1.23. The average molecular weight is 197 g/mol. The number of carboxylic acids is 1. The van der Waals surface area contributed by atoms with E-state index in [-0.39, 0.29) is 0 Å². The van der Waals surface area contributed by atoms with Crippen LogP contribution in [0.5, 0.6) is 0 Å². The Morgan fingerprint density at radius 2 is 1.64 bits per heavy atom. The first-order chi connectivity index (χ1) is 6.63. The van der Waals surface area contributed by atoms with Gasteiger partial charge in [-0.2, -0.15) is 0 Å². The minimum Gasteiger partial charge on any atom is -0.478 e. The lowest BCUT2D eigenvalue weighted by molar-refractivity contribution is -0.131. The van der Waals surface area contributed by atoms with Crippen molar-refractivity contribution in [3.63, 3.8) is 0 Å². The van der Waals surface area contributed by atoms with E-state index in [1.54, 1.807) is 0 Å². The highest BCUT2D eigenvalue weighted by molar-refractivity contribution is 5.92. The Morgan fingerprint density at radius 3 is 1.79 bits per heavy atom. The summed E-state index contributed by atoms with van der Waals surface area (Å²) in [4.78, 5) is 19.4. The molecular formula is C10H15NO3. The van der Waals surface area contributed by atoms with Gasteiger partial charge in [-0.15, -0.1) is 0 Å². The maximum Gasteiger partial charge on any atom is 0.328 e. The molecule has 0 heterocycles. The molecule has 0 unspecified atom stereocenters. The number of nitrogens with two attached hydrogens (primary N) is 1. The molecule has 1 aliphatic carbocycles. The molecular weight excluding hydrogens is 182 g/mol. The smallest absolute Gasteiger partial charge is 0.328 e. The van der Waals surface area contributed by atoms with E-state index in [1.807, 2.05) is 0 Å². The van der Waals surface area contributed by atoms with Gasteiger partial charge in [-0.1, -0.05) is 12.2 Å². The largest absolute Gasteiger partial charge is 0.478 e. The van der Waals surface area contributed by atoms with E-state index in [0.29, 0.717) is 6.08 Å². The van der Waals surface area contributed by atoms with Crippen LogP contribution in [-0.2, 0) is 9.59 Å². The monoisotopic (exact) mass is 197 g/mol. The van der Waals surface area contributed by atoms with Crippen molar-refractivity contribution in [1.82, 2.24) is 0 Å². The van der Waals surface area contributed by atoms with Crippen LogP contribution < -0.4 is 5.73 Å². The van der Waals surface area contributed by atoms with Gasteiger partial charge in [0.15, 0.2) is 0 Å². The van der Waals surface area contributed by atoms with E-state index in [0.717, 1.165) is 6.08 Å². The Labute approximate surface area is 83.1 Å². The molecule has 14 heavy (non-hydrogen) atoms. The topological polar surface area (TPSA) is 80.4 Å². The molecule has 3 N–H and O–H groups in total. The van der Waals surface area contributed by atoms with E-state index in [1.165, 1.54) is 25.7 Å². The Kier molecular flexibility index (Phi) is 7.13. The van der Waals surface area contributed by atoms with Crippen molar-refractivity contribution in [1.29, 1.82) is 0 Å². The zero-order chi connectivity index (χ0) is 10.8. The number of amides is 1. The van der Waals surface area contributed by atoms with Crippen LogP contribution in [0.1, 0.15) is 25.7 Å². The van der Waals surface area contributed by atoms with Crippen LogP contribution in [-0.4, -0.2) is 17.0 Å². The van der Waals surface area contributed by atoms with Crippen LogP contribution in [0.15, 0.2) is 24.3 Å². The first-order valence-electron chi connectivity index (χ1n) is 4.48. The summed E-state index contributed by atoms with van der Waals surface area (Å²) in [5.41, 5.74) is 4.55. The maximum atomic E-state index is 9.78. The van der Waals surface area contributed by atoms with Gasteiger partial charge in [0.2, 0.25) is 5.91 Å². The minimum absolute atomic E-state index is 0.683. The zero-order valence-electron chi connectivity index (χ0n) is 7.98. The Balaban J connectivity index is 0.000000249. The van der Waals surface area contributed by atoms with Gasteiger partial charge < -0.3 is 10.8 Å². The Bertz CT molecular complexity index is 220. The highest BCUT2D eigenvalue weighted by atomic mass is 16.4. The number of primary amides is 1. The molecule has 0 saturated heterocycles. The molecule has 0 bridgehead atoms. The van der Waals surface area contributed by atoms with Crippen molar-refractivity contribution in [2.24, 2.45) is 5.73 Å². The fraction of sp³-hybridized carbons (Fsp3) is 0.400. The van der Waals surface area contributed by atoms with E-state index < -0.39 is 11.9 Å². The summed E-state index contributed by atoms with van der Waals surface area (Å²) in [6.45, 7) is 0. The number of hydrogen-bond acceptors (Lipinski definition) is 2. The summed E-state index contributed by atoms with van der Waals surface area (Å²) in [6.07, 6.45) is 11.5. The molecule has 0 aromatic rings. The van der Waals surface area contributed by atoms with Gasteiger partial charge in [-0.05, 0) is 25.7 Å². The van der Waals surface area contributed by atoms with Crippen molar-refractivity contribution in [2.75, 3.05) is 0 Å². The molecule has 1 aliphatic rings. The normalized spacial score (nSPS) is 14.6. The second-order valence-electron chi connectivity index (χ2n) is 2.83. The molecule has 0 aromatic carbocycles. The first kappa shape index (κ1) is 12.4. The van der Waals surface area contributed by atoms with Crippen molar-refractivity contribution >= 4 is 11.9 Å². The van der Waals surface area contributed by atoms with Gasteiger partial charge >= 0.3 is 5.97 Å². The van der Waals surface area contributed by atoms with Gasteiger partial charge in [-0.3, -0.25) is 4.79 Å². The minimum atomic E-state index is -1.18. The van der Waals surface area contributed by atoms with Gasteiger partial charge in [0.1, 0.15) is 0 Å². The molecule has 0 fully saturated rings. The third-order valence-corrected chi connectivity index (χ3v) is 1.55. The van der Waals surface area contributed by atoms with Crippen LogP contribution in [0.3, 0.4) is 0 Å². The van der Waals surface area contributed by atoms with Gasteiger partial charge in [0.25, 0.3) is 0 Å². The van der Waals surface area contributed by atoms with Gasteiger partial charge in [0.05, 0.1) is 0 Å². The summed E-state index contributed by atoms with van der Waals surface area (Å²) >= 11 is 0. The molecule has 0 atom stereocenters. The summed E-state index contributed by atoms with van der Waals surface area (Å²) in [5, 5.41) is 7.87. The second kappa shape index (κ2) is 8.04. The van der Waals surface area contributed by atoms with Crippen LogP contribution >= 0.6 is 0 Å². The third kappa shape index (κ3) is 10.4. The molecule has 4 heteroatoms. The fourth-order valence-electron chi connectivity index (χ4n) is 0.914. The van der Waals surface area contributed by atoms with Crippen molar-refractivity contribution in [2.45, 2.75) is 25.7 Å². The number of carbonyl (C=O) groups excluding carboxylic acids is 1. The van der Waals surface area contributed by atoms with Crippen LogP contribution in [0, 0.1) is 0 Å². The van der Waals surface area contributed by atoms with Crippen LogP contribution in [0.2, 0.25) is 0 Å². The number of hydrogen-bond donors (Lipinski definition) is 2. The summed E-state index contributed by atoms with van der Waals surface area (Å²) < 4.78 is 0. The number of carboxylic acid groups (broad SMARTS) is 1. The molecule has 1 amide bonds. The summed E-state index contributed by atoms with van der Waals surface area (Å²) in [7, 11) is 0. The molecule has 0 spiro atoms. The number of aliphatic carboxylic acids is 1. The number of rotatable bonds is 2. The SMILES string of the molecule is C1=CCCCC1.NC(=O)/C=C\C(=O)O. The molecule has 0 aliphatic heterocycles. The van der Waals surface area contributed by atoms with Gasteiger partial charge in [-0.25, -0.2) is 4.79 Å². The molecule has 1 rings (SSSR count). The van der Waals surface area contributed by atoms with E-state index >= 15 is 0 Å². The van der Waals surface area contributed by atoms with E-state index in [4.69, 9.17) is 5.11 Å². The maximum absolute atomic E-state index is 9.78. The highest BCUT2D eigenvalue weighted by Gasteiger charge is 1.87. The van der Waals surface area contributed by atoms with Gasteiger partial charge in [0, 0.05) is 12.2 Å². The highest BCUT2D eigenvalue weighted by Crippen LogP contribution is 2.07. The van der Waals surface area contributed by atoms with E-state index in [9.17, 15) is 9.59 Å². The van der Waals surface area contributed by atoms with Crippen LogP contribution in [0.4, 0.5) is 0 Å². The molecule has 0 radical (unpaired) electrons. The lowest BCUT2D eigenvalue weighted by Gasteiger charge is -1.97. The lowest BCUT2D eigenvalue weighted by Crippen LogP contribution is -2.06. The molecule has 4 nitrogen and oxygen atoms in total. The summed E-state index contributed by atoms with van der Waals surface area (Å²) in [5.74, 6) is -1.93.